The van der Waals surface area contributed by atoms with Gasteiger partial charge in [-0.25, -0.2) is 0 Å². The molecule has 0 bridgehead atoms. The largest absolute Gasteiger partial charge is 0.491 e. The van der Waals surface area contributed by atoms with Crippen molar-refractivity contribution in [2.75, 3.05) is 37.7 Å². The van der Waals surface area contributed by atoms with Crippen molar-refractivity contribution in [1.82, 2.24) is 15.3 Å². The molecule has 1 saturated heterocycles. The van der Waals surface area contributed by atoms with Gasteiger partial charge in [0.05, 0.1) is 17.9 Å². The summed E-state index contributed by atoms with van der Waals surface area (Å²) in [7, 11) is 0. The molecule has 2 aromatic rings. The van der Waals surface area contributed by atoms with E-state index < -0.39 is 11.7 Å². The molecule has 2 aliphatic rings. The summed E-state index contributed by atoms with van der Waals surface area (Å²) in [4.78, 5) is 8.21. The maximum Gasteiger partial charge on any atom is 0.416 e. The number of rotatable bonds is 2. The molecular formula is C20H20F3N5OS. The number of aromatic nitrogens is 1. The quantitative estimate of drug-likeness (QED) is 0.577. The Labute approximate surface area is 177 Å². The molecule has 1 N–H and O–H groups in total. The number of hydrogen-bond donors (Lipinski definition) is 1. The zero-order valence-electron chi connectivity index (χ0n) is 16.0. The third-order valence-corrected chi connectivity index (χ3v) is 5.38. The number of hydrazone groups is 1. The van der Waals surface area contributed by atoms with Gasteiger partial charge in [-0.15, -0.1) is 0 Å². The van der Waals surface area contributed by atoms with E-state index in [1.54, 1.807) is 12.3 Å². The minimum Gasteiger partial charge on any atom is -0.491 e. The molecule has 3 heterocycles. The Balaban J connectivity index is 1.35. The Morgan fingerprint density at radius 1 is 1.13 bits per heavy atom. The van der Waals surface area contributed by atoms with Crippen LogP contribution in [0.15, 0.2) is 47.7 Å². The SMILES string of the molecule is FC(F)(F)c1cccc(N2CCN(C(=S)N/N=C3/CCOc4cccnc43)CC2)c1. The number of thiocarbonyl (C=S) groups is 1. The topological polar surface area (TPSA) is 53.0 Å². The van der Waals surface area contributed by atoms with Crippen LogP contribution in [0.25, 0.3) is 0 Å². The first kappa shape index (κ1) is 20.4. The summed E-state index contributed by atoms with van der Waals surface area (Å²) in [6.45, 7) is 2.84. The zero-order valence-corrected chi connectivity index (χ0v) is 16.8. The van der Waals surface area contributed by atoms with E-state index >= 15 is 0 Å². The van der Waals surface area contributed by atoms with E-state index in [0.29, 0.717) is 61.4 Å². The van der Waals surface area contributed by atoms with Gasteiger partial charge in [0.15, 0.2) is 5.11 Å². The molecule has 1 aromatic carbocycles. The van der Waals surface area contributed by atoms with Gasteiger partial charge in [0, 0.05) is 44.5 Å². The first-order chi connectivity index (χ1) is 14.4. The number of halogens is 3. The fraction of sp³-hybridized carbons (Fsp3) is 0.350. The van der Waals surface area contributed by atoms with Crippen molar-refractivity contribution in [2.24, 2.45) is 5.10 Å². The Morgan fingerprint density at radius 2 is 1.93 bits per heavy atom. The van der Waals surface area contributed by atoms with Crippen LogP contribution in [-0.4, -0.2) is 53.5 Å². The fourth-order valence-electron chi connectivity index (χ4n) is 3.44. The number of pyridine rings is 1. The summed E-state index contributed by atoms with van der Waals surface area (Å²) < 4.78 is 44.4. The van der Waals surface area contributed by atoms with Crippen molar-refractivity contribution in [3.63, 3.8) is 0 Å². The lowest BCUT2D eigenvalue weighted by atomic mass is 10.1. The molecule has 1 aromatic heterocycles. The second-order valence-electron chi connectivity index (χ2n) is 6.95. The van der Waals surface area contributed by atoms with Gasteiger partial charge in [-0.1, -0.05) is 6.07 Å². The van der Waals surface area contributed by atoms with Crippen LogP contribution in [0.3, 0.4) is 0 Å². The molecule has 0 unspecified atom stereocenters. The molecule has 0 amide bonds. The highest BCUT2D eigenvalue weighted by Gasteiger charge is 2.31. The van der Waals surface area contributed by atoms with E-state index in [4.69, 9.17) is 17.0 Å². The Kier molecular flexibility index (Phi) is 5.76. The zero-order chi connectivity index (χ0) is 21.1. The van der Waals surface area contributed by atoms with Crippen molar-refractivity contribution in [3.05, 3.63) is 53.9 Å². The van der Waals surface area contributed by atoms with Crippen molar-refractivity contribution in [1.29, 1.82) is 0 Å². The van der Waals surface area contributed by atoms with E-state index in [9.17, 15) is 13.2 Å². The highest BCUT2D eigenvalue weighted by Crippen LogP contribution is 2.32. The molecule has 6 nitrogen and oxygen atoms in total. The molecule has 4 rings (SSSR count). The fourth-order valence-corrected chi connectivity index (χ4v) is 3.67. The van der Waals surface area contributed by atoms with E-state index in [-0.39, 0.29) is 0 Å². The molecule has 0 spiro atoms. The number of piperazine rings is 1. The first-order valence-electron chi connectivity index (χ1n) is 9.54. The van der Waals surface area contributed by atoms with Crippen molar-refractivity contribution >= 4 is 28.7 Å². The Bertz CT molecular complexity index is 957. The summed E-state index contributed by atoms with van der Waals surface area (Å²) in [6.07, 6.45) is -2.03. The normalized spacial score (nSPS) is 18.0. The van der Waals surface area contributed by atoms with Gasteiger partial charge in [0.1, 0.15) is 11.4 Å². The van der Waals surface area contributed by atoms with Crippen molar-refractivity contribution < 1.29 is 17.9 Å². The number of anilines is 1. The predicted molar refractivity (Wildman–Crippen MR) is 112 cm³/mol. The maximum atomic E-state index is 13.0. The molecule has 0 aliphatic carbocycles. The van der Waals surface area contributed by atoms with Crippen LogP contribution < -0.4 is 15.1 Å². The van der Waals surface area contributed by atoms with Crippen LogP contribution >= 0.6 is 12.2 Å². The summed E-state index contributed by atoms with van der Waals surface area (Å²) in [5.74, 6) is 0.699. The third kappa shape index (κ3) is 4.48. The van der Waals surface area contributed by atoms with Gasteiger partial charge < -0.3 is 14.5 Å². The number of hydrogen-bond acceptors (Lipinski definition) is 5. The van der Waals surface area contributed by atoms with Crippen LogP contribution in [0.2, 0.25) is 0 Å². The van der Waals surface area contributed by atoms with Crippen molar-refractivity contribution in [3.8, 4) is 5.75 Å². The smallest absolute Gasteiger partial charge is 0.416 e. The minimum absolute atomic E-state index is 0.482. The number of nitrogens with one attached hydrogen (secondary N) is 1. The average molecular weight is 435 g/mol. The highest BCUT2D eigenvalue weighted by atomic mass is 32.1. The molecule has 0 radical (unpaired) electrons. The van der Waals surface area contributed by atoms with Gasteiger partial charge in [-0.3, -0.25) is 10.4 Å². The van der Waals surface area contributed by atoms with Crippen LogP contribution in [0.5, 0.6) is 5.75 Å². The van der Waals surface area contributed by atoms with E-state index in [1.807, 2.05) is 21.9 Å². The molecule has 158 valence electrons. The predicted octanol–water partition coefficient (Wildman–Crippen LogP) is 3.28. The van der Waals surface area contributed by atoms with Gasteiger partial charge in [0.25, 0.3) is 0 Å². The summed E-state index contributed by atoms with van der Waals surface area (Å²) in [5, 5.41) is 4.90. The van der Waals surface area contributed by atoms with E-state index in [0.717, 1.165) is 11.8 Å². The monoisotopic (exact) mass is 435 g/mol. The molecule has 30 heavy (non-hydrogen) atoms. The lowest BCUT2D eigenvalue weighted by Gasteiger charge is -2.37. The third-order valence-electron chi connectivity index (χ3n) is 5.03. The molecule has 10 heteroatoms. The number of nitrogens with zero attached hydrogens (tertiary/aromatic N) is 4. The molecule has 1 fully saturated rings. The molecule has 2 aliphatic heterocycles. The summed E-state index contributed by atoms with van der Waals surface area (Å²) >= 11 is 5.45. The summed E-state index contributed by atoms with van der Waals surface area (Å²) in [5.41, 5.74) is 4.34. The van der Waals surface area contributed by atoms with E-state index in [1.165, 1.54) is 12.1 Å². The lowest BCUT2D eigenvalue weighted by Crippen LogP contribution is -2.51. The number of fused-ring (bicyclic) bond motifs is 1. The Morgan fingerprint density at radius 3 is 2.70 bits per heavy atom. The van der Waals surface area contributed by atoms with Crippen LogP contribution in [0.1, 0.15) is 17.7 Å². The van der Waals surface area contributed by atoms with Crippen LogP contribution in [0, 0.1) is 0 Å². The Hall–Kier alpha value is -2.88. The van der Waals surface area contributed by atoms with E-state index in [2.05, 4.69) is 15.5 Å². The molecule has 0 saturated carbocycles. The van der Waals surface area contributed by atoms with Gasteiger partial charge in [-0.2, -0.15) is 18.3 Å². The maximum absolute atomic E-state index is 13.0. The molecule has 0 atom stereocenters. The number of benzene rings is 1. The second kappa shape index (κ2) is 8.47. The first-order valence-corrected chi connectivity index (χ1v) is 9.94. The van der Waals surface area contributed by atoms with Crippen LogP contribution in [-0.2, 0) is 6.18 Å². The highest BCUT2D eigenvalue weighted by molar-refractivity contribution is 7.80. The minimum atomic E-state index is -4.35. The van der Waals surface area contributed by atoms with Crippen LogP contribution in [0.4, 0.5) is 18.9 Å². The number of ether oxygens (including phenoxy) is 1. The second-order valence-corrected chi connectivity index (χ2v) is 7.33. The van der Waals surface area contributed by atoms with Crippen molar-refractivity contribution in [2.45, 2.75) is 12.6 Å². The van der Waals surface area contributed by atoms with Gasteiger partial charge in [-0.05, 0) is 42.5 Å². The standard InChI is InChI=1S/C20H20F3N5OS/c21-20(22,23)14-3-1-4-15(13-14)27-8-10-28(11-9-27)19(30)26-25-16-6-12-29-17-5-2-7-24-18(16)17/h1-5,7,13H,6,8-12H2,(H,26,30)/b25-16-. The number of alkyl halides is 3. The summed E-state index contributed by atoms with van der Waals surface area (Å²) in [6, 6.07) is 9.07. The average Bonchev–Trinajstić information content (AvgIpc) is 2.77. The lowest BCUT2D eigenvalue weighted by molar-refractivity contribution is -0.137. The molecular weight excluding hydrogens is 415 g/mol. The van der Waals surface area contributed by atoms with Gasteiger partial charge in [0.2, 0.25) is 0 Å². The van der Waals surface area contributed by atoms with Gasteiger partial charge >= 0.3 is 6.18 Å².